The number of carbonyl (C=O) groups excluding carboxylic acids is 1. The van der Waals surface area contributed by atoms with Gasteiger partial charge in [-0.05, 0) is 36.4 Å². The number of nitrogens with zero attached hydrogens (tertiary/aromatic N) is 2. The topological polar surface area (TPSA) is 98.2 Å². The van der Waals surface area contributed by atoms with Crippen LogP contribution in [0.25, 0.3) is 11.3 Å². The molecule has 0 spiro atoms. The molecular weight excluding hydrogens is 438 g/mol. The first-order valence-electron chi connectivity index (χ1n) is 10.2. The highest BCUT2D eigenvalue weighted by Gasteiger charge is 2.32. The second kappa shape index (κ2) is 8.14. The summed E-state index contributed by atoms with van der Waals surface area (Å²) in [5, 5.41) is 10.7. The lowest BCUT2D eigenvalue weighted by Crippen LogP contribution is -2.25. The fourth-order valence-electron chi connectivity index (χ4n) is 3.80. The number of sulfone groups is 1. The van der Waals surface area contributed by atoms with Gasteiger partial charge >= 0.3 is 0 Å². The predicted octanol–water partition coefficient (Wildman–Crippen LogP) is 4.42. The number of rotatable bonds is 4. The van der Waals surface area contributed by atoms with Gasteiger partial charge in [0.2, 0.25) is 5.91 Å². The van der Waals surface area contributed by atoms with Crippen LogP contribution in [0.4, 0.5) is 5.69 Å². The van der Waals surface area contributed by atoms with E-state index in [0.29, 0.717) is 22.9 Å². The number of ether oxygens (including phenoxy) is 1. The average Bonchev–Trinajstić information content (AvgIpc) is 2.82. The maximum atomic E-state index is 13.3. The molecule has 7 nitrogen and oxygen atoms in total. The summed E-state index contributed by atoms with van der Waals surface area (Å²) in [4.78, 5) is 13.3. The normalized spacial score (nSPS) is 12.9. The van der Waals surface area contributed by atoms with Crippen molar-refractivity contribution in [1.82, 2.24) is 10.2 Å². The molecule has 4 aromatic rings. The van der Waals surface area contributed by atoms with E-state index in [0.717, 1.165) is 22.9 Å². The van der Waals surface area contributed by atoms with Gasteiger partial charge < -0.3 is 10.1 Å². The number of hydrogen-bond donors (Lipinski definition) is 1. The van der Waals surface area contributed by atoms with Gasteiger partial charge in [0.05, 0.1) is 11.6 Å². The fourth-order valence-corrected chi connectivity index (χ4v) is 4.31. The van der Waals surface area contributed by atoms with Gasteiger partial charge in [-0.2, -0.15) is 0 Å². The van der Waals surface area contributed by atoms with Gasteiger partial charge in [0.15, 0.2) is 14.9 Å². The summed E-state index contributed by atoms with van der Waals surface area (Å²) in [6, 6.07) is 25.2. The van der Waals surface area contributed by atoms with Gasteiger partial charge in [0.1, 0.15) is 11.5 Å². The van der Waals surface area contributed by atoms with E-state index in [4.69, 9.17) is 4.74 Å². The van der Waals surface area contributed by atoms with Crippen molar-refractivity contribution in [3.05, 3.63) is 96.1 Å². The Morgan fingerprint density at radius 1 is 0.818 bits per heavy atom. The van der Waals surface area contributed by atoms with Gasteiger partial charge in [-0.3, -0.25) is 4.79 Å². The second-order valence-corrected chi connectivity index (χ2v) is 9.67. The molecule has 1 amide bonds. The highest BCUT2D eigenvalue weighted by atomic mass is 32.2. The van der Waals surface area contributed by atoms with Crippen LogP contribution in [0.5, 0.6) is 11.5 Å². The smallest absolute Gasteiger partial charge is 0.236 e. The van der Waals surface area contributed by atoms with Crippen LogP contribution in [0.2, 0.25) is 0 Å². The predicted molar refractivity (Wildman–Crippen MR) is 124 cm³/mol. The summed E-state index contributed by atoms with van der Waals surface area (Å²) in [5.41, 5.74) is 3.54. The SMILES string of the molecule is CS(=O)(=O)c1ccc(-c2ccc(NC(=O)C3c4ccccc4Oc4ccccc43)cc2)nn1. The summed E-state index contributed by atoms with van der Waals surface area (Å²) in [7, 11) is -3.41. The van der Waals surface area contributed by atoms with E-state index in [1.165, 1.54) is 6.07 Å². The first kappa shape index (κ1) is 20.8. The van der Waals surface area contributed by atoms with Crippen LogP contribution in [0.3, 0.4) is 0 Å². The molecular formula is C25H19N3O4S. The second-order valence-electron chi connectivity index (χ2n) is 7.71. The van der Waals surface area contributed by atoms with Crippen LogP contribution in [0.1, 0.15) is 17.0 Å². The zero-order valence-electron chi connectivity index (χ0n) is 17.6. The van der Waals surface area contributed by atoms with Gasteiger partial charge in [0, 0.05) is 28.6 Å². The summed E-state index contributed by atoms with van der Waals surface area (Å²) in [6.45, 7) is 0. The molecule has 0 saturated heterocycles. The number of anilines is 1. The molecule has 1 aliphatic heterocycles. The molecule has 8 heteroatoms. The zero-order valence-corrected chi connectivity index (χ0v) is 18.4. The van der Waals surface area contributed by atoms with Crippen molar-refractivity contribution >= 4 is 21.4 Å². The molecule has 0 radical (unpaired) electrons. The Balaban J connectivity index is 1.39. The third-order valence-corrected chi connectivity index (χ3v) is 6.39. The molecule has 1 aromatic heterocycles. The van der Waals surface area contributed by atoms with Crippen LogP contribution in [0.15, 0.2) is 90.0 Å². The Kier molecular flexibility index (Phi) is 5.14. The lowest BCUT2D eigenvalue weighted by atomic mass is 9.87. The average molecular weight is 458 g/mol. The van der Waals surface area contributed by atoms with Crippen LogP contribution < -0.4 is 10.1 Å². The number of carbonyl (C=O) groups is 1. The molecule has 164 valence electrons. The molecule has 33 heavy (non-hydrogen) atoms. The maximum absolute atomic E-state index is 13.3. The number of para-hydroxylation sites is 2. The number of benzene rings is 3. The largest absolute Gasteiger partial charge is 0.457 e. The minimum Gasteiger partial charge on any atom is -0.457 e. The minimum absolute atomic E-state index is 0.0767. The van der Waals surface area contributed by atoms with Crippen molar-refractivity contribution in [2.75, 3.05) is 11.6 Å². The summed E-state index contributed by atoms with van der Waals surface area (Å²) < 4.78 is 29.1. The molecule has 0 saturated carbocycles. The van der Waals surface area contributed by atoms with Crippen molar-refractivity contribution in [3.63, 3.8) is 0 Å². The van der Waals surface area contributed by atoms with Gasteiger partial charge in [0.25, 0.3) is 0 Å². The van der Waals surface area contributed by atoms with E-state index in [1.54, 1.807) is 30.3 Å². The molecule has 0 aliphatic carbocycles. The van der Waals surface area contributed by atoms with Crippen molar-refractivity contribution in [3.8, 4) is 22.8 Å². The van der Waals surface area contributed by atoms with E-state index < -0.39 is 15.8 Å². The van der Waals surface area contributed by atoms with Crippen molar-refractivity contribution in [2.45, 2.75) is 10.9 Å². The third-order valence-electron chi connectivity index (χ3n) is 5.41. The number of hydrogen-bond acceptors (Lipinski definition) is 6. The first-order valence-corrected chi connectivity index (χ1v) is 12.1. The molecule has 1 N–H and O–H groups in total. The Labute approximate surface area is 191 Å². The Morgan fingerprint density at radius 2 is 1.42 bits per heavy atom. The summed E-state index contributed by atoms with van der Waals surface area (Å²) in [6.07, 6.45) is 1.09. The standard InChI is InChI=1S/C25H19N3O4S/c1-33(30,31)23-15-14-20(27-28-23)16-10-12-17(13-11-16)26-25(29)24-18-6-2-4-8-21(18)32-22-9-5-3-7-19(22)24/h2-15,24H,1H3,(H,26,29). The van der Waals surface area contributed by atoms with Crippen LogP contribution in [-0.2, 0) is 14.6 Å². The molecule has 3 aromatic carbocycles. The van der Waals surface area contributed by atoms with E-state index in [1.807, 2.05) is 48.5 Å². The fraction of sp³-hybridized carbons (Fsp3) is 0.0800. The minimum atomic E-state index is -3.41. The van der Waals surface area contributed by atoms with Crippen LogP contribution in [-0.4, -0.2) is 30.8 Å². The van der Waals surface area contributed by atoms with E-state index in [2.05, 4.69) is 15.5 Å². The highest BCUT2D eigenvalue weighted by molar-refractivity contribution is 7.90. The highest BCUT2D eigenvalue weighted by Crippen LogP contribution is 2.44. The number of nitrogens with one attached hydrogen (secondary N) is 1. The molecule has 0 fully saturated rings. The van der Waals surface area contributed by atoms with E-state index in [9.17, 15) is 13.2 Å². The summed E-state index contributed by atoms with van der Waals surface area (Å²) >= 11 is 0. The molecule has 1 aliphatic rings. The summed E-state index contributed by atoms with van der Waals surface area (Å²) in [5.74, 6) is 0.675. The molecule has 0 unspecified atom stereocenters. The van der Waals surface area contributed by atoms with Gasteiger partial charge in [-0.15, -0.1) is 10.2 Å². The van der Waals surface area contributed by atoms with Crippen molar-refractivity contribution in [2.24, 2.45) is 0 Å². The maximum Gasteiger partial charge on any atom is 0.236 e. The lowest BCUT2D eigenvalue weighted by molar-refractivity contribution is -0.116. The lowest BCUT2D eigenvalue weighted by Gasteiger charge is -2.27. The Morgan fingerprint density at radius 3 is 1.97 bits per heavy atom. The Bertz CT molecular complexity index is 1400. The monoisotopic (exact) mass is 457 g/mol. The first-order chi connectivity index (χ1) is 15.9. The van der Waals surface area contributed by atoms with Crippen molar-refractivity contribution < 1.29 is 17.9 Å². The number of aromatic nitrogens is 2. The van der Waals surface area contributed by atoms with Crippen LogP contribution >= 0.6 is 0 Å². The van der Waals surface area contributed by atoms with Crippen molar-refractivity contribution in [1.29, 1.82) is 0 Å². The van der Waals surface area contributed by atoms with E-state index in [-0.39, 0.29) is 10.9 Å². The quantitative estimate of drug-likeness (QED) is 0.487. The molecule has 0 atom stereocenters. The van der Waals surface area contributed by atoms with Gasteiger partial charge in [-0.25, -0.2) is 8.42 Å². The third kappa shape index (κ3) is 4.08. The Hall–Kier alpha value is -4.04. The van der Waals surface area contributed by atoms with E-state index >= 15 is 0 Å². The van der Waals surface area contributed by atoms with Crippen LogP contribution in [0, 0.1) is 0 Å². The van der Waals surface area contributed by atoms with Gasteiger partial charge in [-0.1, -0.05) is 48.5 Å². The number of fused-ring (bicyclic) bond motifs is 2. The molecule has 2 heterocycles. The number of amides is 1. The zero-order chi connectivity index (χ0) is 23.0. The molecule has 0 bridgehead atoms. The molecule has 5 rings (SSSR count).